The quantitative estimate of drug-likeness (QED) is 0.467. The zero-order chi connectivity index (χ0) is 21.8. The number of aliphatic carboxylic acids is 1. The van der Waals surface area contributed by atoms with Crippen molar-refractivity contribution in [3.8, 4) is 11.5 Å². The van der Waals surface area contributed by atoms with Crippen LogP contribution in [0.4, 0.5) is 13.2 Å². The Hall–Kier alpha value is -2.81. The van der Waals surface area contributed by atoms with Crippen LogP contribution in [0.25, 0.3) is 10.9 Å². The first-order valence-electron chi connectivity index (χ1n) is 8.98. The number of hydrogen-bond acceptors (Lipinski definition) is 4. The van der Waals surface area contributed by atoms with Crippen molar-refractivity contribution in [2.24, 2.45) is 0 Å². The van der Waals surface area contributed by atoms with Crippen LogP contribution in [-0.2, 0) is 17.6 Å². The molecule has 0 amide bonds. The fourth-order valence-electron chi connectivity index (χ4n) is 3.12. The van der Waals surface area contributed by atoms with Gasteiger partial charge in [0.15, 0.2) is 6.61 Å². The fourth-order valence-corrected chi connectivity index (χ4v) is 3.38. The summed E-state index contributed by atoms with van der Waals surface area (Å²) in [4.78, 5) is 15.2. The average Bonchev–Trinajstić information content (AvgIpc) is 2.70. The van der Waals surface area contributed by atoms with Crippen molar-refractivity contribution in [3.63, 3.8) is 0 Å². The van der Waals surface area contributed by atoms with Crippen LogP contribution in [0, 0.1) is 5.82 Å². The molecule has 3 aromatic rings. The minimum atomic E-state index is -3.18. The highest BCUT2D eigenvalue weighted by Gasteiger charge is 2.24. The van der Waals surface area contributed by atoms with E-state index in [2.05, 4.69) is 20.9 Å². The van der Waals surface area contributed by atoms with Gasteiger partial charge in [0, 0.05) is 22.2 Å². The summed E-state index contributed by atoms with van der Waals surface area (Å²) in [5, 5.41) is 8.78. The average molecular weight is 484 g/mol. The Kier molecular flexibility index (Phi) is 6.81. The molecule has 0 aliphatic heterocycles. The molecular weight excluding hydrogens is 467 g/mol. The molecule has 0 atom stereocenters. The molecule has 0 saturated heterocycles. The number of rotatable bonds is 8. The molecule has 0 saturated carbocycles. The van der Waals surface area contributed by atoms with Gasteiger partial charge in [-0.15, -0.1) is 0 Å². The van der Waals surface area contributed by atoms with E-state index in [1.54, 1.807) is 6.92 Å². The molecule has 2 aromatic carbocycles. The molecule has 1 N–H and O–H groups in total. The summed E-state index contributed by atoms with van der Waals surface area (Å²) in [5.74, 6) is -2.39. The predicted octanol–water partition coefficient (Wildman–Crippen LogP) is 5.35. The monoisotopic (exact) mass is 483 g/mol. The van der Waals surface area contributed by atoms with Gasteiger partial charge in [-0.3, -0.25) is 0 Å². The van der Waals surface area contributed by atoms with E-state index >= 15 is 0 Å². The molecule has 5 nitrogen and oxygen atoms in total. The molecule has 0 aliphatic rings. The topological polar surface area (TPSA) is 68.7 Å². The number of ether oxygens (including phenoxy) is 2. The van der Waals surface area contributed by atoms with E-state index in [0.29, 0.717) is 17.7 Å². The Morgan fingerprint density at radius 1 is 1.20 bits per heavy atom. The molecule has 30 heavy (non-hydrogen) atoms. The van der Waals surface area contributed by atoms with Crippen molar-refractivity contribution < 1.29 is 32.5 Å². The molecule has 1 aromatic heterocycles. The van der Waals surface area contributed by atoms with Gasteiger partial charge in [0.2, 0.25) is 0 Å². The lowest BCUT2D eigenvalue weighted by Gasteiger charge is -2.19. The molecule has 0 spiro atoms. The Bertz CT molecular complexity index is 1070. The lowest BCUT2D eigenvalue weighted by Crippen LogP contribution is -2.13. The van der Waals surface area contributed by atoms with Gasteiger partial charge in [0.1, 0.15) is 22.8 Å². The van der Waals surface area contributed by atoms with Crippen LogP contribution in [0.2, 0.25) is 0 Å². The van der Waals surface area contributed by atoms with Crippen LogP contribution < -0.4 is 9.47 Å². The fraction of sp³-hybridized carbons (Fsp3) is 0.238. The number of benzene rings is 2. The first-order valence-corrected chi connectivity index (χ1v) is 9.77. The summed E-state index contributed by atoms with van der Waals surface area (Å²) in [7, 11) is 0. The third-order valence-corrected chi connectivity index (χ3v) is 4.90. The predicted molar refractivity (Wildman–Crippen MR) is 108 cm³/mol. The summed E-state index contributed by atoms with van der Waals surface area (Å²) in [5.41, 5.74) is 1.34. The minimum absolute atomic E-state index is 0.100. The molecule has 9 heteroatoms. The van der Waals surface area contributed by atoms with Gasteiger partial charge in [-0.25, -0.2) is 14.2 Å². The van der Waals surface area contributed by atoms with Crippen molar-refractivity contribution in [3.05, 3.63) is 63.5 Å². The number of fused-ring (bicyclic) bond motifs is 1. The third-order valence-electron chi connectivity index (χ3n) is 4.37. The smallest absolute Gasteiger partial charge is 0.387 e. The number of aromatic nitrogens is 1. The Balaban J connectivity index is 2.27. The van der Waals surface area contributed by atoms with Gasteiger partial charge in [-0.2, -0.15) is 8.78 Å². The molecule has 3 rings (SSSR count). The van der Waals surface area contributed by atoms with Gasteiger partial charge >= 0.3 is 12.6 Å². The first-order chi connectivity index (χ1) is 14.3. The molecule has 0 fully saturated rings. The summed E-state index contributed by atoms with van der Waals surface area (Å²) in [6.45, 7) is -2.14. The van der Waals surface area contributed by atoms with E-state index in [9.17, 15) is 18.0 Å². The molecular formula is C21H17BrF3NO4. The molecule has 158 valence electrons. The number of nitrogens with zero attached hydrogens (tertiary/aromatic N) is 1. The van der Waals surface area contributed by atoms with Crippen molar-refractivity contribution in [1.82, 2.24) is 4.98 Å². The number of pyridine rings is 1. The summed E-state index contributed by atoms with van der Waals surface area (Å²) in [6, 6.07) is 9.47. The van der Waals surface area contributed by atoms with Gasteiger partial charge < -0.3 is 14.6 Å². The maximum absolute atomic E-state index is 14.5. The maximum atomic E-state index is 14.5. The Labute approximate surface area is 178 Å². The second-order valence-electron chi connectivity index (χ2n) is 6.35. The van der Waals surface area contributed by atoms with E-state index < -0.39 is 25.0 Å². The van der Waals surface area contributed by atoms with E-state index in [1.807, 2.05) is 24.3 Å². The molecule has 0 bridgehead atoms. The Morgan fingerprint density at radius 3 is 2.50 bits per heavy atom. The van der Waals surface area contributed by atoms with Gasteiger partial charge in [0.05, 0.1) is 5.39 Å². The zero-order valence-corrected chi connectivity index (χ0v) is 17.4. The highest BCUT2D eigenvalue weighted by molar-refractivity contribution is 9.10. The maximum Gasteiger partial charge on any atom is 0.387 e. The van der Waals surface area contributed by atoms with Crippen molar-refractivity contribution in [1.29, 1.82) is 0 Å². The van der Waals surface area contributed by atoms with Gasteiger partial charge in [0.25, 0.3) is 0 Å². The first kappa shape index (κ1) is 21.9. The molecule has 0 aliphatic carbocycles. The van der Waals surface area contributed by atoms with Crippen LogP contribution in [0.3, 0.4) is 0 Å². The summed E-state index contributed by atoms with van der Waals surface area (Å²) in [6.07, 6.45) is 0.553. The number of halogens is 4. The van der Waals surface area contributed by atoms with Crippen molar-refractivity contribution in [2.45, 2.75) is 26.4 Å². The number of carboxylic acids is 1. The lowest BCUT2D eigenvalue weighted by atomic mass is 9.98. The number of carboxylic acid groups (broad SMARTS) is 1. The number of hydrogen-bond donors (Lipinski definition) is 1. The standard InChI is InChI=1S/C21H17BrF3NO4/c1-2-15-13(9-11-3-5-12(22)6-4-11)20(30-21(24)25)18-16(29-10-17(27)28)8-7-14(23)19(18)26-15/h3-8,21H,2,9-10H2,1H3,(H,27,28). The normalized spacial score (nSPS) is 11.1. The molecule has 0 unspecified atom stereocenters. The number of alkyl halides is 2. The number of carbonyl (C=O) groups is 1. The highest BCUT2D eigenvalue weighted by Crippen LogP contribution is 2.40. The van der Waals surface area contributed by atoms with E-state index in [-0.39, 0.29) is 28.8 Å². The van der Waals surface area contributed by atoms with Crippen LogP contribution in [0.1, 0.15) is 23.7 Å². The van der Waals surface area contributed by atoms with Crippen LogP contribution in [0.15, 0.2) is 40.9 Å². The van der Waals surface area contributed by atoms with Crippen LogP contribution >= 0.6 is 15.9 Å². The molecule has 1 heterocycles. The van der Waals surface area contributed by atoms with Crippen molar-refractivity contribution in [2.75, 3.05) is 6.61 Å². The largest absolute Gasteiger partial charge is 0.481 e. The minimum Gasteiger partial charge on any atom is -0.481 e. The van der Waals surface area contributed by atoms with Gasteiger partial charge in [-0.1, -0.05) is 35.0 Å². The van der Waals surface area contributed by atoms with E-state index in [4.69, 9.17) is 14.6 Å². The van der Waals surface area contributed by atoms with E-state index in [1.165, 1.54) is 6.07 Å². The van der Waals surface area contributed by atoms with Gasteiger partial charge in [-0.05, 0) is 36.2 Å². The SMILES string of the molecule is CCc1nc2c(F)ccc(OCC(=O)O)c2c(OC(F)F)c1Cc1ccc(Br)cc1. The zero-order valence-electron chi connectivity index (χ0n) is 15.8. The van der Waals surface area contributed by atoms with E-state index in [0.717, 1.165) is 16.1 Å². The van der Waals surface area contributed by atoms with Crippen LogP contribution in [-0.4, -0.2) is 29.3 Å². The highest BCUT2D eigenvalue weighted by atomic mass is 79.9. The number of aryl methyl sites for hydroxylation is 1. The second-order valence-corrected chi connectivity index (χ2v) is 7.27. The van der Waals surface area contributed by atoms with Crippen LogP contribution in [0.5, 0.6) is 11.5 Å². The Morgan fingerprint density at radius 2 is 1.90 bits per heavy atom. The second kappa shape index (κ2) is 9.34. The summed E-state index contributed by atoms with van der Waals surface area (Å²) >= 11 is 3.34. The summed E-state index contributed by atoms with van der Waals surface area (Å²) < 4.78 is 52.1. The molecule has 0 radical (unpaired) electrons. The third kappa shape index (κ3) is 4.84. The van der Waals surface area contributed by atoms with Crippen molar-refractivity contribution >= 4 is 32.8 Å². The lowest BCUT2D eigenvalue weighted by molar-refractivity contribution is -0.139.